The third kappa shape index (κ3) is 4.45. The molecule has 1 saturated carbocycles. The number of carbonyl (C=O) groups is 1. The fraction of sp³-hybridized carbons (Fsp3) is 0.409. The molecular formula is C22H25FN4OS. The van der Waals surface area contributed by atoms with Crippen LogP contribution in [0.25, 0.3) is 11.0 Å². The number of hydrogen-bond donors (Lipinski definition) is 1. The van der Waals surface area contributed by atoms with Crippen molar-refractivity contribution in [2.75, 3.05) is 0 Å². The van der Waals surface area contributed by atoms with Crippen molar-refractivity contribution in [1.29, 1.82) is 0 Å². The summed E-state index contributed by atoms with van der Waals surface area (Å²) >= 11 is 1.52. The standard InChI is InChI=1S/C22H25FN4OS/c1-2-19(21(28)25-17-8-3-4-9-17)27-20-13-24-11-10-18(20)26-22(27)29-14-15-6-5-7-16(23)12-15/h5-7,10-13,17,19H,2-4,8-9,14H2,1H3,(H,25,28)/t19-/m0/s1. The van der Waals surface area contributed by atoms with Crippen LogP contribution in [0.15, 0.2) is 47.9 Å². The van der Waals surface area contributed by atoms with Crippen LogP contribution in [0.5, 0.6) is 0 Å². The van der Waals surface area contributed by atoms with E-state index in [1.165, 1.54) is 36.7 Å². The Bertz CT molecular complexity index is 999. The average molecular weight is 413 g/mol. The molecule has 2 heterocycles. The zero-order valence-corrected chi connectivity index (χ0v) is 17.3. The average Bonchev–Trinajstić information content (AvgIpc) is 3.35. The van der Waals surface area contributed by atoms with Crippen LogP contribution in [0.3, 0.4) is 0 Å². The normalized spacial score (nSPS) is 15.7. The van der Waals surface area contributed by atoms with Gasteiger partial charge in [-0.1, -0.05) is 43.7 Å². The second kappa shape index (κ2) is 8.95. The molecule has 152 valence electrons. The van der Waals surface area contributed by atoms with Gasteiger partial charge < -0.3 is 9.88 Å². The van der Waals surface area contributed by atoms with E-state index in [1.54, 1.807) is 18.5 Å². The van der Waals surface area contributed by atoms with Gasteiger partial charge in [-0.25, -0.2) is 9.37 Å². The zero-order valence-electron chi connectivity index (χ0n) is 16.5. The van der Waals surface area contributed by atoms with Crippen molar-refractivity contribution in [2.45, 2.75) is 62.0 Å². The molecule has 1 aliphatic carbocycles. The highest BCUT2D eigenvalue weighted by Gasteiger charge is 2.27. The van der Waals surface area contributed by atoms with Gasteiger partial charge >= 0.3 is 0 Å². The summed E-state index contributed by atoms with van der Waals surface area (Å²) in [7, 11) is 0. The Morgan fingerprint density at radius 2 is 2.17 bits per heavy atom. The molecule has 0 bridgehead atoms. The number of nitrogens with zero attached hydrogens (tertiary/aromatic N) is 3. The van der Waals surface area contributed by atoms with Gasteiger partial charge in [0.25, 0.3) is 0 Å². The summed E-state index contributed by atoms with van der Waals surface area (Å²) in [5.74, 6) is 0.369. The molecule has 2 aromatic heterocycles. The van der Waals surface area contributed by atoms with Gasteiger partial charge in [-0.05, 0) is 43.0 Å². The molecule has 1 fully saturated rings. The van der Waals surface area contributed by atoms with Gasteiger partial charge in [0.05, 0.1) is 17.2 Å². The first kappa shape index (κ1) is 19.9. The van der Waals surface area contributed by atoms with Crippen molar-refractivity contribution in [3.05, 3.63) is 54.1 Å². The van der Waals surface area contributed by atoms with Crippen molar-refractivity contribution < 1.29 is 9.18 Å². The minimum absolute atomic E-state index is 0.0372. The molecule has 4 rings (SSSR count). The lowest BCUT2D eigenvalue weighted by atomic mass is 10.1. The highest BCUT2D eigenvalue weighted by atomic mass is 32.2. The minimum Gasteiger partial charge on any atom is -0.352 e. The Morgan fingerprint density at radius 1 is 1.34 bits per heavy atom. The lowest BCUT2D eigenvalue weighted by Crippen LogP contribution is -2.38. The molecule has 0 aliphatic heterocycles. The molecule has 3 aromatic rings. The predicted octanol–water partition coefficient (Wildman–Crippen LogP) is 4.87. The number of carbonyl (C=O) groups excluding carboxylic acids is 1. The molecule has 1 N–H and O–H groups in total. The summed E-state index contributed by atoms with van der Waals surface area (Å²) in [6.45, 7) is 2.02. The molecule has 1 aliphatic rings. The lowest BCUT2D eigenvalue weighted by Gasteiger charge is -2.22. The predicted molar refractivity (Wildman–Crippen MR) is 113 cm³/mol. The number of fused-ring (bicyclic) bond motifs is 1. The molecule has 5 nitrogen and oxygen atoms in total. The van der Waals surface area contributed by atoms with Crippen LogP contribution in [0.2, 0.25) is 0 Å². The number of benzene rings is 1. The molecule has 1 aromatic carbocycles. The Kier molecular flexibility index (Phi) is 6.13. The number of halogens is 1. The van der Waals surface area contributed by atoms with Crippen molar-refractivity contribution in [1.82, 2.24) is 19.9 Å². The number of thioether (sulfide) groups is 1. The topological polar surface area (TPSA) is 59.8 Å². The second-order valence-corrected chi connectivity index (χ2v) is 8.40. The molecule has 29 heavy (non-hydrogen) atoms. The summed E-state index contributed by atoms with van der Waals surface area (Å²) in [6.07, 6.45) is 8.58. The first-order valence-corrected chi connectivity index (χ1v) is 11.1. The van der Waals surface area contributed by atoms with Gasteiger partial charge in [0, 0.05) is 18.0 Å². The number of aromatic nitrogens is 3. The summed E-state index contributed by atoms with van der Waals surface area (Å²) in [5.41, 5.74) is 2.55. The van der Waals surface area contributed by atoms with Gasteiger partial charge in [0.2, 0.25) is 5.91 Å². The van der Waals surface area contributed by atoms with Crippen LogP contribution in [0.4, 0.5) is 4.39 Å². The van der Waals surface area contributed by atoms with Crippen molar-refractivity contribution >= 4 is 28.7 Å². The van der Waals surface area contributed by atoms with E-state index in [-0.39, 0.29) is 23.8 Å². The molecule has 1 amide bonds. The maximum atomic E-state index is 13.5. The van der Waals surface area contributed by atoms with E-state index in [1.807, 2.05) is 23.6 Å². The molecular weight excluding hydrogens is 387 g/mol. The largest absolute Gasteiger partial charge is 0.352 e. The number of pyridine rings is 1. The fourth-order valence-electron chi connectivity index (χ4n) is 3.95. The highest BCUT2D eigenvalue weighted by Crippen LogP contribution is 2.31. The van der Waals surface area contributed by atoms with Crippen molar-refractivity contribution in [3.63, 3.8) is 0 Å². The Hall–Kier alpha value is -2.41. The van der Waals surface area contributed by atoms with Crippen LogP contribution in [-0.2, 0) is 10.5 Å². The van der Waals surface area contributed by atoms with Gasteiger partial charge in [-0.2, -0.15) is 0 Å². The van der Waals surface area contributed by atoms with E-state index in [0.29, 0.717) is 12.2 Å². The summed E-state index contributed by atoms with van der Waals surface area (Å²) in [6, 6.07) is 8.37. The quantitative estimate of drug-likeness (QED) is 0.562. The number of imidazole rings is 1. The van der Waals surface area contributed by atoms with Crippen LogP contribution in [0.1, 0.15) is 50.6 Å². The highest BCUT2D eigenvalue weighted by molar-refractivity contribution is 7.98. The second-order valence-electron chi connectivity index (χ2n) is 7.46. The van der Waals surface area contributed by atoms with E-state index in [9.17, 15) is 9.18 Å². The number of nitrogens with one attached hydrogen (secondary N) is 1. The maximum absolute atomic E-state index is 13.5. The molecule has 1 atom stereocenters. The minimum atomic E-state index is -0.347. The number of rotatable bonds is 7. The lowest BCUT2D eigenvalue weighted by molar-refractivity contribution is -0.125. The monoisotopic (exact) mass is 412 g/mol. The van der Waals surface area contributed by atoms with Gasteiger partial charge in [-0.3, -0.25) is 9.78 Å². The van der Waals surface area contributed by atoms with Crippen LogP contribution < -0.4 is 5.32 Å². The Morgan fingerprint density at radius 3 is 2.93 bits per heavy atom. The molecule has 0 spiro atoms. The molecule has 0 unspecified atom stereocenters. The molecule has 0 radical (unpaired) electrons. The molecule has 0 saturated heterocycles. The van der Waals surface area contributed by atoms with Crippen LogP contribution in [0, 0.1) is 5.82 Å². The zero-order chi connectivity index (χ0) is 20.2. The van der Waals surface area contributed by atoms with E-state index >= 15 is 0 Å². The summed E-state index contributed by atoms with van der Waals surface area (Å²) < 4.78 is 15.5. The van der Waals surface area contributed by atoms with Gasteiger partial charge in [0.1, 0.15) is 11.9 Å². The SMILES string of the molecule is CC[C@@H](C(=O)NC1CCCC1)n1c(SCc2cccc(F)c2)nc2ccncc21. The van der Waals surface area contributed by atoms with E-state index in [4.69, 9.17) is 4.98 Å². The van der Waals surface area contributed by atoms with Gasteiger partial charge in [-0.15, -0.1) is 0 Å². The smallest absolute Gasteiger partial charge is 0.243 e. The van der Waals surface area contributed by atoms with E-state index < -0.39 is 0 Å². The first-order chi connectivity index (χ1) is 14.2. The number of hydrogen-bond acceptors (Lipinski definition) is 4. The van der Waals surface area contributed by atoms with Crippen LogP contribution in [-0.4, -0.2) is 26.5 Å². The summed E-state index contributed by atoms with van der Waals surface area (Å²) in [5, 5.41) is 3.98. The molecule has 7 heteroatoms. The maximum Gasteiger partial charge on any atom is 0.243 e. The third-order valence-corrected chi connectivity index (χ3v) is 6.44. The van der Waals surface area contributed by atoms with Gasteiger partial charge in [0.15, 0.2) is 5.16 Å². The fourth-order valence-corrected chi connectivity index (χ4v) is 4.95. The number of amides is 1. The summed E-state index contributed by atoms with van der Waals surface area (Å²) in [4.78, 5) is 22.1. The van der Waals surface area contributed by atoms with Crippen molar-refractivity contribution in [2.24, 2.45) is 0 Å². The van der Waals surface area contributed by atoms with Crippen molar-refractivity contribution in [3.8, 4) is 0 Å². The van der Waals surface area contributed by atoms with E-state index in [0.717, 1.165) is 34.6 Å². The Labute approximate surface area is 174 Å². The van der Waals surface area contributed by atoms with E-state index in [2.05, 4.69) is 10.3 Å². The third-order valence-electron chi connectivity index (χ3n) is 5.42. The first-order valence-electron chi connectivity index (χ1n) is 10.1. The Balaban J connectivity index is 1.63. The van der Waals surface area contributed by atoms with Crippen LogP contribution >= 0.6 is 11.8 Å².